The minimum Gasteiger partial charge on any atom is -0.496 e. The van der Waals surface area contributed by atoms with Gasteiger partial charge in [-0.1, -0.05) is 34.5 Å². The van der Waals surface area contributed by atoms with Gasteiger partial charge in [0.15, 0.2) is 5.96 Å². The second kappa shape index (κ2) is 10.1. The Hall–Kier alpha value is -3.06. The number of aryl methyl sites for hydroxylation is 1. The predicted octanol–water partition coefficient (Wildman–Crippen LogP) is 4.18. The molecule has 0 saturated heterocycles. The van der Waals surface area contributed by atoms with Crippen molar-refractivity contribution in [3.63, 3.8) is 0 Å². The molecule has 158 valence electrons. The number of nitrogens with one attached hydrogen (secondary N) is 2. The Labute approximate surface area is 181 Å². The van der Waals surface area contributed by atoms with Gasteiger partial charge < -0.3 is 19.9 Å². The maximum absolute atomic E-state index is 5.92. The molecule has 0 saturated carbocycles. The molecule has 0 radical (unpaired) electrons. The van der Waals surface area contributed by atoms with E-state index in [1.807, 2.05) is 24.3 Å². The Kier molecular flexibility index (Phi) is 7.30. The average Bonchev–Trinajstić information content (AvgIpc) is 3.22. The van der Waals surface area contributed by atoms with Crippen LogP contribution in [0.5, 0.6) is 5.75 Å². The molecule has 7 nitrogen and oxygen atoms in total. The number of benzene rings is 2. The summed E-state index contributed by atoms with van der Waals surface area (Å²) in [5, 5.41) is 11.4. The molecule has 0 amide bonds. The average molecular weight is 428 g/mol. The molecule has 0 spiro atoms. The van der Waals surface area contributed by atoms with Crippen LogP contribution in [-0.4, -0.2) is 36.8 Å². The molecule has 0 fully saturated rings. The molecule has 1 unspecified atom stereocenters. The number of halogens is 1. The summed E-state index contributed by atoms with van der Waals surface area (Å²) >= 11 is 5.92. The predicted molar refractivity (Wildman–Crippen MR) is 119 cm³/mol. The van der Waals surface area contributed by atoms with Crippen LogP contribution in [0.2, 0.25) is 5.02 Å². The van der Waals surface area contributed by atoms with E-state index in [-0.39, 0.29) is 6.04 Å². The van der Waals surface area contributed by atoms with E-state index in [2.05, 4.69) is 45.7 Å². The molecule has 3 rings (SSSR count). The van der Waals surface area contributed by atoms with Gasteiger partial charge in [0.05, 0.1) is 13.2 Å². The Balaban J connectivity index is 1.55. The van der Waals surface area contributed by atoms with E-state index >= 15 is 0 Å². The van der Waals surface area contributed by atoms with Gasteiger partial charge in [-0.15, -0.1) is 0 Å². The SMILES string of the molecule is CN=C(NCCc1nc(-c2ccc(Cl)cc2)no1)NC(C)c1cc(C)ccc1OC. The van der Waals surface area contributed by atoms with Crippen molar-refractivity contribution in [2.24, 2.45) is 4.99 Å². The molecule has 8 heteroatoms. The first-order chi connectivity index (χ1) is 14.5. The smallest absolute Gasteiger partial charge is 0.228 e. The number of aromatic nitrogens is 2. The number of nitrogens with zero attached hydrogens (tertiary/aromatic N) is 3. The molecule has 0 bridgehead atoms. The van der Waals surface area contributed by atoms with Crippen LogP contribution in [0.4, 0.5) is 0 Å². The molecular weight excluding hydrogens is 402 g/mol. The van der Waals surface area contributed by atoms with Crippen molar-refractivity contribution in [1.82, 2.24) is 20.8 Å². The van der Waals surface area contributed by atoms with E-state index in [1.165, 1.54) is 5.56 Å². The lowest BCUT2D eigenvalue weighted by atomic mass is 10.0. The van der Waals surface area contributed by atoms with Gasteiger partial charge in [0, 0.05) is 36.2 Å². The zero-order valence-electron chi connectivity index (χ0n) is 17.6. The Morgan fingerprint density at radius 3 is 2.70 bits per heavy atom. The van der Waals surface area contributed by atoms with Crippen LogP contribution in [0.3, 0.4) is 0 Å². The maximum Gasteiger partial charge on any atom is 0.228 e. The van der Waals surface area contributed by atoms with Gasteiger partial charge in [-0.25, -0.2) is 0 Å². The van der Waals surface area contributed by atoms with Gasteiger partial charge in [-0.3, -0.25) is 4.99 Å². The zero-order valence-corrected chi connectivity index (χ0v) is 18.3. The molecule has 1 aromatic heterocycles. The first-order valence-corrected chi connectivity index (χ1v) is 10.1. The highest BCUT2D eigenvalue weighted by Gasteiger charge is 2.14. The molecule has 1 heterocycles. The molecular formula is C22H26ClN5O2. The number of hydrogen-bond acceptors (Lipinski definition) is 5. The third kappa shape index (κ3) is 5.51. The second-order valence-electron chi connectivity index (χ2n) is 6.88. The van der Waals surface area contributed by atoms with Crippen molar-refractivity contribution in [3.05, 3.63) is 64.5 Å². The lowest BCUT2D eigenvalue weighted by molar-refractivity contribution is 0.378. The summed E-state index contributed by atoms with van der Waals surface area (Å²) in [6, 6.07) is 13.5. The van der Waals surface area contributed by atoms with Crippen LogP contribution in [0.25, 0.3) is 11.4 Å². The van der Waals surface area contributed by atoms with Crippen LogP contribution in [0.15, 0.2) is 52.0 Å². The second-order valence-corrected chi connectivity index (χ2v) is 7.32. The van der Waals surface area contributed by atoms with Crippen molar-refractivity contribution >= 4 is 17.6 Å². The van der Waals surface area contributed by atoms with E-state index in [0.717, 1.165) is 16.9 Å². The zero-order chi connectivity index (χ0) is 21.5. The fraction of sp³-hybridized carbons (Fsp3) is 0.318. The lowest BCUT2D eigenvalue weighted by Gasteiger charge is -2.20. The largest absolute Gasteiger partial charge is 0.496 e. The molecule has 2 aromatic carbocycles. The minimum absolute atomic E-state index is 0.0194. The fourth-order valence-corrected chi connectivity index (χ4v) is 3.16. The summed E-state index contributed by atoms with van der Waals surface area (Å²) in [4.78, 5) is 8.73. The molecule has 0 aliphatic heterocycles. The maximum atomic E-state index is 5.92. The van der Waals surface area contributed by atoms with Gasteiger partial charge in [0.1, 0.15) is 5.75 Å². The quantitative estimate of drug-likeness (QED) is 0.434. The van der Waals surface area contributed by atoms with Gasteiger partial charge in [0.25, 0.3) is 0 Å². The summed E-state index contributed by atoms with van der Waals surface area (Å²) in [6.45, 7) is 4.73. The number of rotatable bonds is 7. The first kappa shape index (κ1) is 21.6. The Morgan fingerprint density at radius 2 is 2.00 bits per heavy atom. The van der Waals surface area contributed by atoms with Crippen LogP contribution in [0.1, 0.15) is 30.0 Å². The van der Waals surface area contributed by atoms with E-state index in [9.17, 15) is 0 Å². The van der Waals surface area contributed by atoms with Crippen LogP contribution < -0.4 is 15.4 Å². The van der Waals surface area contributed by atoms with Gasteiger partial charge in [-0.05, 0) is 44.2 Å². The number of hydrogen-bond donors (Lipinski definition) is 2. The summed E-state index contributed by atoms with van der Waals surface area (Å²) in [6.07, 6.45) is 0.573. The molecule has 1 atom stereocenters. The normalized spacial score (nSPS) is 12.5. The molecule has 0 aliphatic carbocycles. The minimum atomic E-state index is 0.0194. The van der Waals surface area contributed by atoms with Crippen LogP contribution in [-0.2, 0) is 6.42 Å². The molecule has 2 N–H and O–H groups in total. The monoisotopic (exact) mass is 427 g/mol. The lowest BCUT2D eigenvalue weighted by Crippen LogP contribution is -2.39. The van der Waals surface area contributed by atoms with Crippen molar-refractivity contribution in [2.75, 3.05) is 20.7 Å². The van der Waals surface area contributed by atoms with E-state index in [4.69, 9.17) is 20.9 Å². The summed E-state index contributed by atoms with van der Waals surface area (Å²) < 4.78 is 10.8. The van der Waals surface area contributed by atoms with E-state index in [0.29, 0.717) is 35.7 Å². The van der Waals surface area contributed by atoms with Gasteiger partial charge in [-0.2, -0.15) is 4.98 Å². The Morgan fingerprint density at radius 1 is 1.23 bits per heavy atom. The van der Waals surface area contributed by atoms with Crippen LogP contribution in [0, 0.1) is 6.92 Å². The molecule has 0 aliphatic rings. The van der Waals surface area contributed by atoms with Crippen molar-refractivity contribution in [3.8, 4) is 17.1 Å². The summed E-state index contributed by atoms with van der Waals surface area (Å²) in [5.41, 5.74) is 3.11. The number of aliphatic imine (C=N–C) groups is 1. The highest BCUT2D eigenvalue weighted by atomic mass is 35.5. The van der Waals surface area contributed by atoms with Gasteiger partial charge >= 0.3 is 0 Å². The highest BCUT2D eigenvalue weighted by molar-refractivity contribution is 6.30. The van der Waals surface area contributed by atoms with Crippen LogP contribution >= 0.6 is 11.6 Å². The van der Waals surface area contributed by atoms with E-state index in [1.54, 1.807) is 26.3 Å². The third-order valence-electron chi connectivity index (χ3n) is 4.63. The number of ether oxygens (including phenoxy) is 1. The molecule has 30 heavy (non-hydrogen) atoms. The topological polar surface area (TPSA) is 84.6 Å². The highest BCUT2D eigenvalue weighted by Crippen LogP contribution is 2.26. The van der Waals surface area contributed by atoms with Crippen molar-refractivity contribution < 1.29 is 9.26 Å². The fourth-order valence-electron chi connectivity index (χ4n) is 3.03. The standard InChI is InChI=1S/C22H26ClN5O2/c1-14-5-10-19(29-4)18(13-14)15(2)26-22(24-3)25-12-11-20-27-21(28-30-20)16-6-8-17(23)9-7-16/h5-10,13,15H,11-12H2,1-4H3,(H2,24,25,26). The first-order valence-electron chi connectivity index (χ1n) is 9.70. The van der Waals surface area contributed by atoms with Crippen molar-refractivity contribution in [1.29, 1.82) is 0 Å². The van der Waals surface area contributed by atoms with E-state index < -0.39 is 0 Å². The number of methoxy groups -OCH3 is 1. The van der Waals surface area contributed by atoms with Crippen molar-refractivity contribution in [2.45, 2.75) is 26.3 Å². The molecule has 3 aromatic rings. The summed E-state index contributed by atoms with van der Waals surface area (Å²) in [5.74, 6) is 2.63. The number of guanidine groups is 1. The third-order valence-corrected chi connectivity index (χ3v) is 4.88. The Bertz CT molecular complexity index is 1000. The summed E-state index contributed by atoms with van der Waals surface area (Å²) in [7, 11) is 3.41. The van der Waals surface area contributed by atoms with Gasteiger partial charge in [0.2, 0.25) is 11.7 Å².